The zero-order valence-corrected chi connectivity index (χ0v) is 21.9. The van der Waals surface area contributed by atoms with Crippen molar-refractivity contribution in [2.45, 2.75) is 25.6 Å². The van der Waals surface area contributed by atoms with Crippen molar-refractivity contribution in [1.82, 2.24) is 14.5 Å². The van der Waals surface area contributed by atoms with Crippen molar-refractivity contribution in [3.63, 3.8) is 0 Å². The first kappa shape index (κ1) is 26.3. The number of halogens is 1. The van der Waals surface area contributed by atoms with Crippen molar-refractivity contribution >= 4 is 11.6 Å². The van der Waals surface area contributed by atoms with Crippen LogP contribution in [0.4, 0.5) is 0 Å². The highest BCUT2D eigenvalue weighted by Crippen LogP contribution is 2.29. The summed E-state index contributed by atoms with van der Waals surface area (Å²) in [4.78, 5) is 6.56. The number of hydrogen-bond acceptors (Lipinski definition) is 7. The third kappa shape index (κ3) is 6.91. The lowest BCUT2D eigenvalue weighted by atomic mass is 10.1. The van der Waals surface area contributed by atoms with Gasteiger partial charge in [0.1, 0.15) is 30.4 Å². The number of aryl methyl sites for hydroxylation is 1. The average molecular weight is 516 g/mol. The molecule has 0 aliphatic carbocycles. The number of aromatic nitrogens is 2. The van der Waals surface area contributed by atoms with E-state index in [1.165, 1.54) is 0 Å². The Hall–Kier alpha value is -2.78. The Morgan fingerprint density at radius 1 is 1.11 bits per heavy atom. The fraction of sp³-hybridized carbons (Fsp3) is 0.444. The van der Waals surface area contributed by atoms with Gasteiger partial charge in [0.25, 0.3) is 0 Å². The Kier molecular flexibility index (Phi) is 9.09. The average Bonchev–Trinajstić information content (AvgIpc) is 3.18. The summed E-state index contributed by atoms with van der Waals surface area (Å²) in [5.41, 5.74) is 0.518. The van der Waals surface area contributed by atoms with Gasteiger partial charge in [-0.15, -0.1) is 0 Å². The molecular formula is C27H34ClN3O5. The van der Waals surface area contributed by atoms with Crippen LogP contribution in [0.2, 0.25) is 5.02 Å². The van der Waals surface area contributed by atoms with Crippen molar-refractivity contribution in [3.8, 4) is 17.2 Å². The van der Waals surface area contributed by atoms with E-state index in [-0.39, 0.29) is 0 Å². The van der Waals surface area contributed by atoms with E-state index in [1.807, 2.05) is 43.5 Å². The zero-order valence-electron chi connectivity index (χ0n) is 21.1. The van der Waals surface area contributed by atoms with E-state index in [9.17, 15) is 0 Å². The van der Waals surface area contributed by atoms with E-state index in [0.29, 0.717) is 49.5 Å². The summed E-state index contributed by atoms with van der Waals surface area (Å²) < 4.78 is 31.6. The van der Waals surface area contributed by atoms with Crippen molar-refractivity contribution in [1.29, 1.82) is 0 Å². The molecule has 0 bridgehead atoms. The van der Waals surface area contributed by atoms with Crippen molar-refractivity contribution < 1.29 is 23.7 Å². The zero-order chi connectivity index (χ0) is 25.4. The Bertz CT molecular complexity index is 1120. The van der Waals surface area contributed by atoms with Crippen LogP contribution in [0.5, 0.6) is 17.2 Å². The fourth-order valence-corrected chi connectivity index (χ4v) is 4.42. The summed E-state index contributed by atoms with van der Waals surface area (Å²) in [7, 11) is 3.36. The molecule has 4 rings (SSSR count). The lowest BCUT2D eigenvalue weighted by molar-refractivity contribution is -0.0925. The van der Waals surface area contributed by atoms with Gasteiger partial charge in [-0.1, -0.05) is 23.7 Å². The number of hydrogen-bond donors (Lipinski definition) is 0. The molecule has 9 heteroatoms. The van der Waals surface area contributed by atoms with Crippen LogP contribution in [-0.4, -0.2) is 73.8 Å². The molecule has 1 atom stereocenters. The topological polar surface area (TPSA) is 67.2 Å². The minimum absolute atomic E-state index is 0.354. The maximum atomic E-state index is 6.10. The molecule has 0 radical (unpaired) electrons. The lowest BCUT2D eigenvalue weighted by Gasteiger charge is -2.34. The smallest absolute Gasteiger partial charge is 0.161 e. The second kappa shape index (κ2) is 12.5. The van der Waals surface area contributed by atoms with Crippen LogP contribution in [0.25, 0.3) is 0 Å². The molecule has 1 fully saturated rings. The Morgan fingerprint density at radius 3 is 2.75 bits per heavy atom. The SMILES string of the molecule is COc1cc(CN2CCOC[C@@](COc3cccc(Cl)c3)(OC)C2)ccc1OCCn1ccnc1C. The van der Waals surface area contributed by atoms with Gasteiger partial charge in [0.15, 0.2) is 11.5 Å². The predicted octanol–water partition coefficient (Wildman–Crippen LogP) is 4.23. The molecule has 0 N–H and O–H groups in total. The molecular weight excluding hydrogens is 482 g/mol. The molecule has 3 aromatic rings. The van der Waals surface area contributed by atoms with Crippen LogP contribution in [0.1, 0.15) is 11.4 Å². The van der Waals surface area contributed by atoms with Crippen molar-refractivity contribution in [2.24, 2.45) is 0 Å². The van der Waals surface area contributed by atoms with Gasteiger partial charge in [-0.2, -0.15) is 0 Å². The molecule has 0 saturated carbocycles. The number of nitrogens with zero attached hydrogens (tertiary/aromatic N) is 3. The molecule has 1 aliphatic rings. The molecule has 2 heterocycles. The number of rotatable bonds is 11. The van der Waals surface area contributed by atoms with Crippen molar-refractivity contribution in [2.75, 3.05) is 53.7 Å². The molecule has 1 saturated heterocycles. The first-order valence-corrected chi connectivity index (χ1v) is 12.4. The van der Waals surface area contributed by atoms with Gasteiger partial charge in [0.2, 0.25) is 0 Å². The number of imidazole rings is 1. The Morgan fingerprint density at radius 2 is 2.00 bits per heavy atom. The molecule has 1 aliphatic heterocycles. The summed E-state index contributed by atoms with van der Waals surface area (Å²) >= 11 is 6.10. The van der Waals surface area contributed by atoms with E-state index >= 15 is 0 Å². The van der Waals surface area contributed by atoms with Gasteiger partial charge in [-0.3, -0.25) is 4.90 Å². The highest BCUT2D eigenvalue weighted by atomic mass is 35.5. The van der Waals surface area contributed by atoms with Gasteiger partial charge in [0.05, 0.1) is 26.9 Å². The van der Waals surface area contributed by atoms with Crippen LogP contribution in [-0.2, 0) is 22.6 Å². The van der Waals surface area contributed by atoms with Crippen molar-refractivity contribution in [3.05, 3.63) is 71.3 Å². The Balaban J connectivity index is 1.38. The predicted molar refractivity (Wildman–Crippen MR) is 138 cm³/mol. The van der Waals surface area contributed by atoms with Gasteiger partial charge < -0.3 is 28.3 Å². The molecule has 0 spiro atoms. The number of benzene rings is 2. The molecule has 2 aromatic carbocycles. The molecule has 36 heavy (non-hydrogen) atoms. The summed E-state index contributed by atoms with van der Waals surface area (Å²) in [6.07, 6.45) is 3.74. The number of ether oxygens (including phenoxy) is 5. The molecule has 194 valence electrons. The highest BCUT2D eigenvalue weighted by molar-refractivity contribution is 6.30. The van der Waals surface area contributed by atoms with E-state index in [2.05, 4.69) is 20.5 Å². The number of methoxy groups -OCH3 is 2. The normalized spacial score (nSPS) is 18.6. The summed E-state index contributed by atoms with van der Waals surface area (Å²) in [5.74, 6) is 3.10. The van der Waals surface area contributed by atoms with Gasteiger partial charge >= 0.3 is 0 Å². The largest absolute Gasteiger partial charge is 0.493 e. The van der Waals surface area contributed by atoms with Crippen LogP contribution in [0.15, 0.2) is 54.9 Å². The second-order valence-electron chi connectivity index (χ2n) is 8.90. The minimum Gasteiger partial charge on any atom is -0.493 e. The maximum Gasteiger partial charge on any atom is 0.161 e. The lowest BCUT2D eigenvalue weighted by Crippen LogP contribution is -2.50. The van der Waals surface area contributed by atoms with Gasteiger partial charge in [-0.25, -0.2) is 4.98 Å². The minimum atomic E-state index is -0.600. The third-order valence-corrected chi connectivity index (χ3v) is 6.54. The van der Waals surface area contributed by atoms with E-state index in [4.69, 9.17) is 35.3 Å². The van der Waals surface area contributed by atoms with E-state index in [1.54, 1.807) is 26.5 Å². The van der Waals surface area contributed by atoms with Gasteiger partial charge in [0, 0.05) is 44.2 Å². The van der Waals surface area contributed by atoms with Crippen LogP contribution in [0, 0.1) is 6.92 Å². The second-order valence-corrected chi connectivity index (χ2v) is 9.33. The summed E-state index contributed by atoms with van der Waals surface area (Å²) in [5, 5.41) is 0.635. The summed E-state index contributed by atoms with van der Waals surface area (Å²) in [6, 6.07) is 13.4. The van der Waals surface area contributed by atoms with Gasteiger partial charge in [-0.05, 0) is 42.8 Å². The Labute approximate surface area is 217 Å². The van der Waals surface area contributed by atoms with E-state index in [0.717, 1.165) is 36.8 Å². The fourth-order valence-electron chi connectivity index (χ4n) is 4.24. The first-order valence-electron chi connectivity index (χ1n) is 12.0. The van der Waals surface area contributed by atoms with Crippen LogP contribution >= 0.6 is 11.6 Å². The van der Waals surface area contributed by atoms with Crippen LogP contribution in [0.3, 0.4) is 0 Å². The monoisotopic (exact) mass is 515 g/mol. The standard InChI is InChI=1S/C27H34ClN3O5/c1-21-29-9-10-31(21)12-14-35-25-8-7-22(15-26(25)32-2)17-30-11-13-34-19-27(18-30,33-3)20-36-24-6-4-5-23(28)16-24/h4-10,15-16H,11-14,17-20H2,1-3H3/t27-/m0/s1. The van der Waals surface area contributed by atoms with E-state index < -0.39 is 5.60 Å². The highest BCUT2D eigenvalue weighted by Gasteiger charge is 2.36. The maximum absolute atomic E-state index is 6.10. The molecule has 0 unspecified atom stereocenters. The molecule has 1 aromatic heterocycles. The quantitative estimate of drug-likeness (QED) is 0.378. The van der Waals surface area contributed by atoms with Crippen LogP contribution < -0.4 is 14.2 Å². The molecule has 8 nitrogen and oxygen atoms in total. The third-order valence-electron chi connectivity index (χ3n) is 6.31. The summed E-state index contributed by atoms with van der Waals surface area (Å²) in [6.45, 7) is 6.82. The first-order chi connectivity index (χ1) is 17.5. The molecule has 0 amide bonds.